The van der Waals surface area contributed by atoms with Crippen LogP contribution in [0.1, 0.15) is 35.1 Å². The van der Waals surface area contributed by atoms with Crippen LogP contribution in [-0.4, -0.2) is 42.3 Å². The molecule has 0 saturated carbocycles. The first kappa shape index (κ1) is 17.0. The minimum atomic E-state index is -3.85. The van der Waals surface area contributed by atoms with Gasteiger partial charge in [0.05, 0.1) is 0 Å². The summed E-state index contributed by atoms with van der Waals surface area (Å²) in [6.07, 6.45) is 6.45. The van der Waals surface area contributed by atoms with Gasteiger partial charge in [-0.05, 0) is 60.8 Å². The van der Waals surface area contributed by atoms with Crippen molar-refractivity contribution in [2.24, 2.45) is 0 Å². The lowest BCUT2D eigenvalue weighted by atomic mass is 9.99. The SMILES string of the molecule is CNC(=O)CS(=O)(=O)c1nc(Nc2c3c(cc4c2CCC4)CCC3)n[nH]1. The van der Waals surface area contributed by atoms with Crippen LogP contribution in [0.2, 0.25) is 0 Å². The lowest BCUT2D eigenvalue weighted by Crippen LogP contribution is -2.27. The largest absolute Gasteiger partial charge is 0.358 e. The third-order valence-corrected chi connectivity index (χ3v) is 6.48. The maximum Gasteiger partial charge on any atom is 0.247 e. The number of anilines is 2. The second-order valence-electron chi connectivity index (χ2n) is 6.76. The van der Waals surface area contributed by atoms with Crippen LogP contribution in [0.5, 0.6) is 0 Å². The molecule has 0 radical (unpaired) electrons. The van der Waals surface area contributed by atoms with E-state index in [0.717, 1.165) is 44.2 Å². The molecule has 1 heterocycles. The second kappa shape index (κ2) is 6.39. The van der Waals surface area contributed by atoms with Gasteiger partial charge in [0.1, 0.15) is 5.75 Å². The highest BCUT2D eigenvalue weighted by Crippen LogP contribution is 2.39. The van der Waals surface area contributed by atoms with Crippen LogP contribution < -0.4 is 10.6 Å². The Morgan fingerprint density at radius 2 is 1.81 bits per heavy atom. The molecule has 26 heavy (non-hydrogen) atoms. The van der Waals surface area contributed by atoms with Gasteiger partial charge in [0, 0.05) is 12.7 Å². The van der Waals surface area contributed by atoms with E-state index in [1.807, 2.05) is 0 Å². The average molecular weight is 375 g/mol. The van der Waals surface area contributed by atoms with Gasteiger partial charge in [-0.15, -0.1) is 5.10 Å². The first-order chi connectivity index (χ1) is 12.5. The van der Waals surface area contributed by atoms with Gasteiger partial charge in [0.15, 0.2) is 0 Å². The van der Waals surface area contributed by atoms with Crippen molar-refractivity contribution in [2.75, 3.05) is 18.1 Å². The van der Waals surface area contributed by atoms with Crippen LogP contribution in [0.15, 0.2) is 11.2 Å². The normalized spacial score (nSPS) is 15.6. The van der Waals surface area contributed by atoms with E-state index < -0.39 is 21.5 Å². The summed E-state index contributed by atoms with van der Waals surface area (Å²) in [5, 5.41) is 11.7. The maximum absolute atomic E-state index is 12.2. The van der Waals surface area contributed by atoms with Gasteiger partial charge in [0.2, 0.25) is 26.8 Å². The van der Waals surface area contributed by atoms with Gasteiger partial charge in [-0.1, -0.05) is 6.07 Å². The summed E-state index contributed by atoms with van der Waals surface area (Å²) in [5.74, 6) is -1.03. The Hall–Kier alpha value is -2.42. The maximum atomic E-state index is 12.2. The molecule has 1 aromatic heterocycles. The number of hydrogen-bond donors (Lipinski definition) is 3. The Balaban J connectivity index is 1.64. The minimum Gasteiger partial charge on any atom is -0.358 e. The molecule has 4 rings (SSSR count). The molecule has 1 amide bonds. The summed E-state index contributed by atoms with van der Waals surface area (Å²) in [5.41, 5.74) is 6.38. The lowest BCUT2D eigenvalue weighted by molar-refractivity contribution is -0.118. The smallest absolute Gasteiger partial charge is 0.247 e. The van der Waals surface area contributed by atoms with Gasteiger partial charge < -0.3 is 10.6 Å². The van der Waals surface area contributed by atoms with Crippen molar-refractivity contribution in [3.63, 3.8) is 0 Å². The highest BCUT2D eigenvalue weighted by Gasteiger charge is 2.26. The highest BCUT2D eigenvalue weighted by atomic mass is 32.2. The highest BCUT2D eigenvalue weighted by molar-refractivity contribution is 7.91. The Morgan fingerprint density at radius 1 is 1.15 bits per heavy atom. The van der Waals surface area contributed by atoms with E-state index in [2.05, 4.69) is 31.9 Å². The predicted octanol–water partition coefficient (Wildman–Crippen LogP) is 1.05. The Labute approximate surface area is 151 Å². The third kappa shape index (κ3) is 2.96. The predicted molar refractivity (Wildman–Crippen MR) is 96.3 cm³/mol. The van der Waals surface area contributed by atoms with E-state index in [0.29, 0.717) is 0 Å². The summed E-state index contributed by atoms with van der Waals surface area (Å²) in [4.78, 5) is 15.5. The van der Waals surface area contributed by atoms with E-state index in [1.54, 1.807) is 0 Å². The molecule has 8 nitrogen and oxygen atoms in total. The number of aryl methyl sites for hydroxylation is 2. The van der Waals surface area contributed by atoms with Crippen molar-refractivity contribution in [1.29, 1.82) is 0 Å². The van der Waals surface area contributed by atoms with Crippen LogP contribution >= 0.6 is 0 Å². The standard InChI is InChI=1S/C17H21N5O3S/c1-18-14(23)9-26(24,25)17-20-16(21-22-17)19-15-12-6-2-4-10(12)8-11-5-3-7-13(11)15/h8H,2-7,9H2,1H3,(H,18,23)(H2,19,20,21,22). The zero-order chi connectivity index (χ0) is 18.3. The number of carbonyl (C=O) groups is 1. The second-order valence-corrected chi connectivity index (χ2v) is 8.66. The summed E-state index contributed by atoms with van der Waals surface area (Å²) in [7, 11) is -2.46. The molecule has 1 aromatic carbocycles. The van der Waals surface area contributed by atoms with Crippen molar-refractivity contribution in [2.45, 2.75) is 43.7 Å². The molecule has 2 aliphatic rings. The number of hydrogen-bond acceptors (Lipinski definition) is 6. The number of carbonyl (C=O) groups excluding carboxylic acids is 1. The van der Waals surface area contributed by atoms with Crippen molar-refractivity contribution in [3.05, 3.63) is 28.3 Å². The number of benzene rings is 1. The number of H-pyrrole nitrogens is 1. The Morgan fingerprint density at radius 3 is 2.42 bits per heavy atom. The average Bonchev–Trinajstić information content (AvgIpc) is 3.33. The fourth-order valence-corrected chi connectivity index (χ4v) is 4.87. The summed E-state index contributed by atoms with van der Waals surface area (Å²) in [6.45, 7) is 0. The molecule has 0 aliphatic heterocycles. The van der Waals surface area contributed by atoms with E-state index in [9.17, 15) is 13.2 Å². The molecule has 0 fully saturated rings. The lowest BCUT2D eigenvalue weighted by Gasteiger charge is -2.15. The number of sulfone groups is 1. The fourth-order valence-electron chi connectivity index (χ4n) is 3.83. The van der Waals surface area contributed by atoms with Gasteiger partial charge in [-0.3, -0.25) is 4.79 Å². The molecule has 9 heteroatoms. The Bertz CT molecular complexity index is 948. The van der Waals surface area contributed by atoms with Gasteiger partial charge in [0.25, 0.3) is 0 Å². The number of amides is 1. The third-order valence-electron chi connectivity index (χ3n) is 5.07. The molecule has 0 unspecified atom stereocenters. The number of rotatable bonds is 5. The van der Waals surface area contributed by atoms with E-state index in [1.165, 1.54) is 29.3 Å². The number of aromatic nitrogens is 3. The number of nitrogens with one attached hydrogen (secondary N) is 3. The van der Waals surface area contributed by atoms with Crippen LogP contribution in [0.3, 0.4) is 0 Å². The molecule has 2 aromatic rings. The van der Waals surface area contributed by atoms with Crippen LogP contribution in [0.25, 0.3) is 0 Å². The number of nitrogens with zero attached hydrogens (tertiary/aromatic N) is 2. The van der Waals surface area contributed by atoms with Crippen molar-refractivity contribution in [3.8, 4) is 0 Å². The Kier molecular flexibility index (Phi) is 4.18. The molecule has 0 saturated heterocycles. The van der Waals surface area contributed by atoms with Crippen molar-refractivity contribution < 1.29 is 13.2 Å². The molecule has 0 spiro atoms. The zero-order valence-electron chi connectivity index (χ0n) is 14.6. The van der Waals surface area contributed by atoms with E-state index >= 15 is 0 Å². The quantitative estimate of drug-likeness (QED) is 0.719. The van der Waals surface area contributed by atoms with Gasteiger partial charge in [-0.2, -0.15) is 4.98 Å². The topological polar surface area (TPSA) is 117 Å². The first-order valence-electron chi connectivity index (χ1n) is 8.77. The summed E-state index contributed by atoms with van der Waals surface area (Å²) < 4.78 is 24.4. The monoisotopic (exact) mass is 375 g/mol. The fraction of sp³-hybridized carbons (Fsp3) is 0.471. The van der Waals surface area contributed by atoms with Crippen LogP contribution in [0.4, 0.5) is 11.6 Å². The minimum absolute atomic E-state index is 0.217. The van der Waals surface area contributed by atoms with Crippen LogP contribution in [0, 0.1) is 0 Å². The van der Waals surface area contributed by atoms with Crippen molar-refractivity contribution >= 4 is 27.4 Å². The van der Waals surface area contributed by atoms with Gasteiger partial charge in [-0.25, -0.2) is 13.5 Å². The summed E-state index contributed by atoms with van der Waals surface area (Å²) in [6, 6.07) is 2.33. The molecule has 138 valence electrons. The van der Waals surface area contributed by atoms with Gasteiger partial charge >= 0.3 is 0 Å². The zero-order valence-corrected chi connectivity index (χ0v) is 15.4. The molecule has 2 aliphatic carbocycles. The van der Waals surface area contributed by atoms with Crippen LogP contribution in [-0.2, 0) is 40.3 Å². The first-order valence-corrected chi connectivity index (χ1v) is 10.4. The molecule has 3 N–H and O–H groups in total. The number of fused-ring (bicyclic) bond motifs is 2. The molecule has 0 bridgehead atoms. The van der Waals surface area contributed by atoms with E-state index in [4.69, 9.17) is 0 Å². The molecular formula is C17H21N5O3S. The number of aromatic amines is 1. The molecule has 0 atom stereocenters. The van der Waals surface area contributed by atoms with Crippen molar-refractivity contribution in [1.82, 2.24) is 20.5 Å². The van der Waals surface area contributed by atoms with E-state index in [-0.39, 0.29) is 11.1 Å². The molecular weight excluding hydrogens is 354 g/mol. The summed E-state index contributed by atoms with van der Waals surface area (Å²) >= 11 is 0.